The molecular weight excluding hydrogens is 174 g/mol. The van der Waals surface area contributed by atoms with Crippen LogP contribution in [0.3, 0.4) is 0 Å². The van der Waals surface area contributed by atoms with Gasteiger partial charge in [-0.05, 0) is 25.7 Å². The lowest BCUT2D eigenvalue weighted by molar-refractivity contribution is 0.272. The summed E-state index contributed by atoms with van der Waals surface area (Å²) in [6.45, 7) is 1.53. The van der Waals surface area contributed by atoms with Crippen molar-refractivity contribution in [3.8, 4) is 6.07 Å². The first kappa shape index (κ1) is 9.53. The summed E-state index contributed by atoms with van der Waals surface area (Å²) >= 11 is 0. The van der Waals surface area contributed by atoms with E-state index in [0.29, 0.717) is 0 Å². The Kier molecular flexibility index (Phi) is 2.17. The van der Waals surface area contributed by atoms with Crippen LogP contribution < -0.4 is 0 Å². The van der Waals surface area contributed by atoms with Gasteiger partial charge < -0.3 is 0 Å². The number of nitriles is 1. The molecule has 0 saturated heterocycles. The van der Waals surface area contributed by atoms with Crippen molar-refractivity contribution in [3.63, 3.8) is 0 Å². The number of hydrogen-bond donors (Lipinski definition) is 0. The van der Waals surface area contributed by atoms with E-state index in [1.807, 2.05) is 6.07 Å². The molecule has 0 bridgehead atoms. The highest BCUT2D eigenvalue weighted by atomic mass is 32.2. The first-order valence-electron chi connectivity index (χ1n) is 4.02. The fourth-order valence-electron chi connectivity index (χ4n) is 1.44. The van der Waals surface area contributed by atoms with Crippen LogP contribution in [0.1, 0.15) is 26.2 Å². The SMILES string of the molecule is CC(C#N)(C1CCC1)S(C)(=O)=O. The van der Waals surface area contributed by atoms with Gasteiger partial charge in [-0.2, -0.15) is 5.26 Å². The third-order valence-electron chi connectivity index (χ3n) is 2.88. The Hall–Kier alpha value is -0.560. The average Bonchev–Trinajstić information content (AvgIpc) is 1.81. The van der Waals surface area contributed by atoms with Crippen molar-refractivity contribution in [2.45, 2.75) is 30.9 Å². The molecule has 1 atom stereocenters. The third-order valence-corrected chi connectivity index (χ3v) is 4.84. The van der Waals surface area contributed by atoms with Gasteiger partial charge >= 0.3 is 0 Å². The molecule has 0 spiro atoms. The zero-order chi connectivity index (χ0) is 9.41. The van der Waals surface area contributed by atoms with E-state index in [0.717, 1.165) is 25.5 Å². The van der Waals surface area contributed by atoms with Gasteiger partial charge in [-0.15, -0.1) is 0 Å². The van der Waals surface area contributed by atoms with E-state index in [4.69, 9.17) is 5.26 Å². The summed E-state index contributed by atoms with van der Waals surface area (Å²) in [7, 11) is -3.24. The molecular formula is C8H13NO2S. The second-order valence-corrected chi connectivity index (χ2v) is 6.01. The fourth-order valence-corrected chi connectivity index (χ4v) is 2.44. The molecule has 1 saturated carbocycles. The smallest absolute Gasteiger partial charge is 0.166 e. The first-order valence-corrected chi connectivity index (χ1v) is 5.92. The molecule has 12 heavy (non-hydrogen) atoms. The number of nitrogens with zero attached hydrogens (tertiary/aromatic N) is 1. The predicted octanol–water partition coefficient (Wildman–Crippen LogP) is 1.11. The van der Waals surface area contributed by atoms with Crippen molar-refractivity contribution in [3.05, 3.63) is 0 Å². The zero-order valence-corrected chi connectivity index (χ0v) is 8.19. The Labute approximate surface area is 73.3 Å². The topological polar surface area (TPSA) is 57.9 Å². The van der Waals surface area contributed by atoms with Crippen LogP contribution in [0.5, 0.6) is 0 Å². The van der Waals surface area contributed by atoms with Crippen molar-refractivity contribution in [1.29, 1.82) is 5.26 Å². The maximum absolute atomic E-state index is 11.3. The molecule has 4 heteroatoms. The molecule has 0 aliphatic heterocycles. The molecule has 1 rings (SSSR count). The minimum atomic E-state index is -3.24. The maximum atomic E-state index is 11.3. The van der Waals surface area contributed by atoms with Crippen molar-refractivity contribution < 1.29 is 8.42 Å². The summed E-state index contributed by atoms with van der Waals surface area (Å²) in [6.07, 6.45) is 3.94. The number of hydrogen-bond acceptors (Lipinski definition) is 3. The van der Waals surface area contributed by atoms with Gasteiger partial charge in [0.25, 0.3) is 0 Å². The van der Waals surface area contributed by atoms with E-state index in [1.54, 1.807) is 0 Å². The van der Waals surface area contributed by atoms with Crippen LogP contribution in [0, 0.1) is 17.2 Å². The van der Waals surface area contributed by atoms with Crippen molar-refractivity contribution in [1.82, 2.24) is 0 Å². The Bertz CT molecular complexity index is 310. The molecule has 68 valence electrons. The normalized spacial score (nSPS) is 23.8. The summed E-state index contributed by atoms with van der Waals surface area (Å²) in [5, 5.41) is 8.83. The molecule has 0 aromatic carbocycles. The van der Waals surface area contributed by atoms with Gasteiger partial charge in [0, 0.05) is 6.26 Å². The summed E-state index contributed by atoms with van der Waals surface area (Å²) in [5.74, 6) is 0.0532. The maximum Gasteiger partial charge on any atom is 0.166 e. The fraction of sp³-hybridized carbons (Fsp3) is 0.875. The van der Waals surface area contributed by atoms with Gasteiger partial charge in [0.05, 0.1) is 6.07 Å². The number of sulfone groups is 1. The standard InChI is InChI=1S/C8H13NO2S/c1-8(6-9,12(2,10)11)7-4-3-5-7/h7H,3-5H2,1-2H3. The highest BCUT2D eigenvalue weighted by Gasteiger charge is 2.46. The Morgan fingerprint density at radius 1 is 1.50 bits per heavy atom. The summed E-state index contributed by atoms with van der Waals surface area (Å²) < 4.78 is 21.4. The van der Waals surface area contributed by atoms with Crippen molar-refractivity contribution in [2.24, 2.45) is 5.92 Å². The van der Waals surface area contributed by atoms with Crippen LogP contribution >= 0.6 is 0 Å². The second-order valence-electron chi connectivity index (χ2n) is 3.62. The van der Waals surface area contributed by atoms with Gasteiger partial charge in [0.15, 0.2) is 14.6 Å². The van der Waals surface area contributed by atoms with E-state index in [2.05, 4.69) is 0 Å². The highest BCUT2D eigenvalue weighted by Crippen LogP contribution is 2.40. The van der Waals surface area contributed by atoms with Gasteiger partial charge in [-0.1, -0.05) is 6.42 Å². The molecule has 1 aliphatic carbocycles. The Morgan fingerprint density at radius 3 is 2.08 bits per heavy atom. The second kappa shape index (κ2) is 2.74. The quantitative estimate of drug-likeness (QED) is 0.650. The summed E-state index contributed by atoms with van der Waals surface area (Å²) in [4.78, 5) is 0. The summed E-state index contributed by atoms with van der Waals surface area (Å²) in [5.41, 5.74) is 0. The van der Waals surface area contributed by atoms with Crippen LogP contribution in [0.15, 0.2) is 0 Å². The highest BCUT2D eigenvalue weighted by molar-refractivity contribution is 7.92. The predicted molar refractivity (Wildman–Crippen MR) is 46.2 cm³/mol. The molecule has 1 aliphatic rings. The van der Waals surface area contributed by atoms with Gasteiger partial charge in [0.1, 0.15) is 0 Å². The van der Waals surface area contributed by atoms with E-state index in [1.165, 1.54) is 6.92 Å². The molecule has 1 unspecified atom stereocenters. The molecule has 3 nitrogen and oxygen atoms in total. The van der Waals surface area contributed by atoms with E-state index >= 15 is 0 Å². The first-order chi connectivity index (χ1) is 5.42. The molecule has 1 fully saturated rings. The minimum Gasteiger partial charge on any atom is -0.227 e. The molecule has 0 heterocycles. The number of rotatable bonds is 2. The zero-order valence-electron chi connectivity index (χ0n) is 7.37. The lowest BCUT2D eigenvalue weighted by atomic mass is 9.77. The monoisotopic (exact) mass is 187 g/mol. The lowest BCUT2D eigenvalue weighted by Crippen LogP contribution is -2.44. The third kappa shape index (κ3) is 1.22. The van der Waals surface area contributed by atoms with E-state index in [-0.39, 0.29) is 5.92 Å². The van der Waals surface area contributed by atoms with Crippen LogP contribution in [-0.2, 0) is 9.84 Å². The largest absolute Gasteiger partial charge is 0.227 e. The summed E-state index contributed by atoms with van der Waals surface area (Å²) in [6, 6.07) is 1.93. The van der Waals surface area contributed by atoms with Crippen molar-refractivity contribution in [2.75, 3.05) is 6.26 Å². The van der Waals surface area contributed by atoms with E-state index < -0.39 is 14.6 Å². The molecule has 0 radical (unpaired) electrons. The Balaban J connectivity index is 2.99. The van der Waals surface area contributed by atoms with Gasteiger partial charge in [0.2, 0.25) is 0 Å². The lowest BCUT2D eigenvalue weighted by Gasteiger charge is -2.36. The van der Waals surface area contributed by atoms with Crippen LogP contribution in [0.25, 0.3) is 0 Å². The van der Waals surface area contributed by atoms with Gasteiger partial charge in [-0.3, -0.25) is 0 Å². The average molecular weight is 187 g/mol. The van der Waals surface area contributed by atoms with Gasteiger partial charge in [-0.25, -0.2) is 8.42 Å². The molecule has 0 N–H and O–H groups in total. The van der Waals surface area contributed by atoms with Crippen LogP contribution in [-0.4, -0.2) is 19.4 Å². The van der Waals surface area contributed by atoms with Crippen LogP contribution in [0.4, 0.5) is 0 Å². The molecule has 0 amide bonds. The van der Waals surface area contributed by atoms with E-state index in [9.17, 15) is 8.42 Å². The van der Waals surface area contributed by atoms with Crippen LogP contribution in [0.2, 0.25) is 0 Å². The Morgan fingerprint density at radius 2 is 2.00 bits per heavy atom. The molecule has 0 aromatic rings. The minimum absolute atomic E-state index is 0.0532. The molecule has 0 aromatic heterocycles. The van der Waals surface area contributed by atoms with Crippen molar-refractivity contribution >= 4 is 9.84 Å².